The lowest BCUT2D eigenvalue weighted by molar-refractivity contribution is -0.131. The molecule has 1 heterocycles. The molecule has 0 unspecified atom stereocenters. The van der Waals surface area contributed by atoms with E-state index in [0.717, 1.165) is 31.5 Å². The SMILES string of the molecule is Cc1ccccc1N(CC(=O)N1CCN(C/C=C/c2ccccc2)CC1)S(C)(=O)=O. The minimum Gasteiger partial charge on any atom is -0.339 e. The smallest absolute Gasteiger partial charge is 0.243 e. The molecule has 1 aliphatic rings. The number of rotatable bonds is 7. The summed E-state index contributed by atoms with van der Waals surface area (Å²) in [6, 6.07) is 17.4. The van der Waals surface area contributed by atoms with Crippen LogP contribution in [0.4, 0.5) is 5.69 Å². The molecular formula is C23H29N3O3S. The third kappa shape index (κ3) is 5.93. The van der Waals surface area contributed by atoms with Gasteiger partial charge in [0.1, 0.15) is 6.54 Å². The van der Waals surface area contributed by atoms with Crippen LogP contribution in [0.5, 0.6) is 0 Å². The Kier molecular flexibility index (Phi) is 7.29. The van der Waals surface area contributed by atoms with Crippen LogP contribution in [0.25, 0.3) is 6.08 Å². The summed E-state index contributed by atoms with van der Waals surface area (Å²) in [4.78, 5) is 16.9. The quantitative estimate of drug-likeness (QED) is 0.682. The summed E-state index contributed by atoms with van der Waals surface area (Å²) < 4.78 is 25.9. The fourth-order valence-electron chi connectivity index (χ4n) is 3.53. The van der Waals surface area contributed by atoms with E-state index in [1.54, 1.807) is 17.0 Å². The van der Waals surface area contributed by atoms with Crippen molar-refractivity contribution >= 4 is 27.7 Å². The molecule has 0 aromatic heterocycles. The van der Waals surface area contributed by atoms with Gasteiger partial charge in [0.15, 0.2) is 0 Å². The van der Waals surface area contributed by atoms with Crippen molar-refractivity contribution in [3.05, 3.63) is 71.8 Å². The molecule has 30 heavy (non-hydrogen) atoms. The van der Waals surface area contributed by atoms with Gasteiger partial charge in [-0.25, -0.2) is 8.42 Å². The van der Waals surface area contributed by atoms with E-state index in [1.165, 1.54) is 9.87 Å². The van der Waals surface area contributed by atoms with Crippen LogP contribution in [0, 0.1) is 6.92 Å². The first-order valence-corrected chi connectivity index (χ1v) is 11.9. The molecule has 6 nitrogen and oxygen atoms in total. The van der Waals surface area contributed by atoms with Gasteiger partial charge in [0, 0.05) is 32.7 Å². The molecule has 1 aliphatic heterocycles. The Morgan fingerprint density at radius 2 is 1.63 bits per heavy atom. The summed E-state index contributed by atoms with van der Waals surface area (Å²) >= 11 is 0. The lowest BCUT2D eigenvalue weighted by atomic mass is 10.2. The first kappa shape index (κ1) is 22.1. The van der Waals surface area contributed by atoms with Gasteiger partial charge in [-0.1, -0.05) is 60.7 Å². The van der Waals surface area contributed by atoms with Gasteiger partial charge < -0.3 is 4.90 Å². The Labute approximate surface area is 179 Å². The van der Waals surface area contributed by atoms with Gasteiger partial charge in [-0.05, 0) is 24.1 Å². The zero-order valence-corrected chi connectivity index (χ0v) is 18.4. The summed E-state index contributed by atoms with van der Waals surface area (Å²) in [5.74, 6) is -0.164. The number of hydrogen-bond acceptors (Lipinski definition) is 4. The Morgan fingerprint density at radius 1 is 1.00 bits per heavy atom. The van der Waals surface area contributed by atoms with E-state index in [-0.39, 0.29) is 12.5 Å². The van der Waals surface area contributed by atoms with Crippen molar-refractivity contribution in [2.24, 2.45) is 0 Å². The summed E-state index contributed by atoms with van der Waals surface area (Å²) in [6.45, 7) is 5.25. The molecule has 0 bridgehead atoms. The first-order chi connectivity index (χ1) is 14.3. The molecule has 0 aliphatic carbocycles. The maximum atomic E-state index is 12.8. The van der Waals surface area contributed by atoms with E-state index in [1.807, 2.05) is 37.3 Å². The summed E-state index contributed by atoms with van der Waals surface area (Å²) in [5.41, 5.74) is 2.55. The van der Waals surface area contributed by atoms with Gasteiger partial charge in [0.05, 0.1) is 11.9 Å². The number of carbonyl (C=O) groups excluding carboxylic acids is 1. The molecule has 2 aromatic rings. The number of carbonyl (C=O) groups is 1. The minimum atomic E-state index is -3.56. The predicted molar refractivity (Wildman–Crippen MR) is 122 cm³/mol. The van der Waals surface area contributed by atoms with Crippen LogP contribution in [0.15, 0.2) is 60.7 Å². The third-order valence-electron chi connectivity index (χ3n) is 5.26. The van der Waals surface area contributed by atoms with Crippen LogP contribution in [0.2, 0.25) is 0 Å². The summed E-state index contributed by atoms with van der Waals surface area (Å²) in [5, 5.41) is 0. The second-order valence-corrected chi connectivity index (χ2v) is 9.46. The highest BCUT2D eigenvalue weighted by Crippen LogP contribution is 2.22. The van der Waals surface area contributed by atoms with Crippen molar-refractivity contribution in [2.75, 3.05) is 49.8 Å². The van der Waals surface area contributed by atoms with Gasteiger partial charge in [0.2, 0.25) is 15.9 Å². The molecule has 3 rings (SSSR count). The maximum Gasteiger partial charge on any atom is 0.243 e. The number of anilines is 1. The highest BCUT2D eigenvalue weighted by atomic mass is 32.2. The second-order valence-electron chi connectivity index (χ2n) is 7.55. The van der Waals surface area contributed by atoms with Crippen LogP contribution in [-0.4, -0.2) is 69.6 Å². The zero-order valence-electron chi connectivity index (χ0n) is 17.6. The van der Waals surface area contributed by atoms with E-state index in [2.05, 4.69) is 29.2 Å². The summed E-state index contributed by atoms with van der Waals surface area (Å²) in [7, 11) is -3.56. The average molecular weight is 428 g/mol. The van der Waals surface area contributed by atoms with Crippen molar-refractivity contribution in [1.29, 1.82) is 0 Å². The van der Waals surface area contributed by atoms with Crippen LogP contribution < -0.4 is 4.31 Å². The number of aryl methyl sites for hydroxylation is 1. The number of nitrogens with zero attached hydrogens (tertiary/aromatic N) is 3. The first-order valence-electron chi connectivity index (χ1n) is 10.1. The van der Waals surface area contributed by atoms with Gasteiger partial charge in [0.25, 0.3) is 0 Å². The van der Waals surface area contributed by atoms with Crippen molar-refractivity contribution in [1.82, 2.24) is 9.80 Å². The van der Waals surface area contributed by atoms with Gasteiger partial charge in [-0.3, -0.25) is 14.0 Å². The van der Waals surface area contributed by atoms with E-state index in [4.69, 9.17) is 0 Å². The molecule has 0 atom stereocenters. The number of para-hydroxylation sites is 1. The molecule has 1 amide bonds. The van der Waals surface area contributed by atoms with Gasteiger partial charge >= 0.3 is 0 Å². The molecule has 160 valence electrons. The molecule has 0 spiro atoms. The molecule has 0 saturated carbocycles. The Balaban J connectivity index is 1.55. The fraction of sp³-hybridized carbons (Fsp3) is 0.348. The van der Waals surface area contributed by atoms with E-state index in [9.17, 15) is 13.2 Å². The number of hydrogen-bond donors (Lipinski definition) is 0. The lowest BCUT2D eigenvalue weighted by Crippen LogP contribution is -2.51. The van der Waals surface area contributed by atoms with Crippen LogP contribution in [0.1, 0.15) is 11.1 Å². The molecule has 0 radical (unpaired) electrons. The summed E-state index contributed by atoms with van der Waals surface area (Å²) in [6.07, 6.45) is 5.38. The fourth-order valence-corrected chi connectivity index (χ4v) is 4.44. The Bertz CT molecular complexity index is 982. The second kappa shape index (κ2) is 9.91. The Morgan fingerprint density at radius 3 is 2.27 bits per heavy atom. The lowest BCUT2D eigenvalue weighted by Gasteiger charge is -2.35. The van der Waals surface area contributed by atoms with Gasteiger partial charge in [-0.15, -0.1) is 0 Å². The number of sulfonamides is 1. The molecule has 2 aromatic carbocycles. The molecule has 0 N–H and O–H groups in total. The van der Waals surface area contributed by atoms with Crippen molar-refractivity contribution in [3.8, 4) is 0 Å². The third-order valence-corrected chi connectivity index (χ3v) is 6.39. The maximum absolute atomic E-state index is 12.8. The molecular weight excluding hydrogens is 398 g/mol. The minimum absolute atomic E-state index is 0.164. The van der Waals surface area contributed by atoms with Crippen molar-refractivity contribution < 1.29 is 13.2 Å². The number of piperazine rings is 1. The average Bonchev–Trinajstić information content (AvgIpc) is 2.73. The number of benzene rings is 2. The number of amides is 1. The van der Waals surface area contributed by atoms with E-state index < -0.39 is 10.0 Å². The molecule has 1 saturated heterocycles. The van der Waals surface area contributed by atoms with Crippen molar-refractivity contribution in [3.63, 3.8) is 0 Å². The van der Waals surface area contributed by atoms with Crippen LogP contribution in [-0.2, 0) is 14.8 Å². The van der Waals surface area contributed by atoms with E-state index >= 15 is 0 Å². The van der Waals surface area contributed by atoms with Crippen LogP contribution in [0.3, 0.4) is 0 Å². The zero-order chi connectivity index (χ0) is 21.6. The highest BCUT2D eigenvalue weighted by Gasteiger charge is 2.27. The van der Waals surface area contributed by atoms with E-state index in [0.29, 0.717) is 18.8 Å². The standard InChI is InChI=1S/C23H29N3O3S/c1-20-9-6-7-13-22(20)26(30(2,28)29)19-23(27)25-17-15-24(16-18-25)14-8-12-21-10-4-3-5-11-21/h3-13H,14-19H2,1-2H3/b12-8+. The highest BCUT2D eigenvalue weighted by molar-refractivity contribution is 7.92. The predicted octanol–water partition coefficient (Wildman–Crippen LogP) is 2.62. The molecule has 1 fully saturated rings. The van der Waals surface area contributed by atoms with Crippen molar-refractivity contribution in [2.45, 2.75) is 6.92 Å². The van der Waals surface area contributed by atoms with Crippen LogP contribution >= 0.6 is 0 Å². The topological polar surface area (TPSA) is 60.9 Å². The normalized spacial score (nSPS) is 15.5. The largest absolute Gasteiger partial charge is 0.339 e. The van der Waals surface area contributed by atoms with Gasteiger partial charge in [-0.2, -0.15) is 0 Å². The monoisotopic (exact) mass is 427 g/mol. The molecule has 7 heteroatoms. The Hall–Kier alpha value is -2.64.